The fourth-order valence-electron chi connectivity index (χ4n) is 5.31. The average molecular weight is 560 g/mol. The van der Waals surface area contributed by atoms with E-state index in [0.29, 0.717) is 29.0 Å². The molecule has 0 unspecified atom stereocenters. The molecule has 0 saturated heterocycles. The number of fused-ring (bicyclic) bond motifs is 1. The number of imidazole rings is 1. The Kier molecular flexibility index (Phi) is 7.42. The van der Waals surface area contributed by atoms with Crippen LogP contribution in [0, 0.1) is 0 Å². The number of unbranched alkanes of at least 4 members (excludes halogenated alkanes) is 1. The van der Waals surface area contributed by atoms with E-state index in [-0.39, 0.29) is 17.7 Å². The monoisotopic (exact) mass is 559 g/mol. The lowest BCUT2D eigenvalue weighted by atomic mass is 9.97. The SMILES string of the molecule is CCCCc1nc2ccn(Cc3ccccc3C(=O)O)c(=O)c2n1Cc1ccc(-c2ccccc2)c(-c2nnn[nH]2)c1. The number of H-pyrrole nitrogens is 1. The van der Waals surface area contributed by atoms with E-state index < -0.39 is 5.97 Å². The van der Waals surface area contributed by atoms with Gasteiger partial charge in [-0.3, -0.25) is 4.79 Å². The van der Waals surface area contributed by atoms with Crippen molar-refractivity contribution in [3.63, 3.8) is 0 Å². The van der Waals surface area contributed by atoms with Crippen LogP contribution in [0.2, 0.25) is 0 Å². The van der Waals surface area contributed by atoms with Crippen LogP contribution in [-0.4, -0.2) is 45.8 Å². The summed E-state index contributed by atoms with van der Waals surface area (Å²) in [6.07, 6.45) is 4.35. The summed E-state index contributed by atoms with van der Waals surface area (Å²) >= 11 is 0. The molecular weight excluding hydrogens is 530 g/mol. The van der Waals surface area contributed by atoms with Crippen molar-refractivity contribution in [3.05, 3.63) is 118 Å². The van der Waals surface area contributed by atoms with E-state index in [1.165, 1.54) is 0 Å². The maximum Gasteiger partial charge on any atom is 0.336 e. The van der Waals surface area contributed by atoms with Crippen molar-refractivity contribution in [2.75, 3.05) is 0 Å². The van der Waals surface area contributed by atoms with Gasteiger partial charge in [-0.05, 0) is 57.3 Å². The number of pyridine rings is 1. The van der Waals surface area contributed by atoms with Gasteiger partial charge < -0.3 is 14.2 Å². The Hall–Kier alpha value is -5.38. The van der Waals surface area contributed by atoms with Crippen molar-refractivity contribution < 1.29 is 9.90 Å². The highest BCUT2D eigenvalue weighted by Gasteiger charge is 2.19. The number of benzene rings is 3. The minimum atomic E-state index is -1.02. The first-order valence-electron chi connectivity index (χ1n) is 13.9. The summed E-state index contributed by atoms with van der Waals surface area (Å²) in [5.41, 5.74) is 5.47. The second-order valence-corrected chi connectivity index (χ2v) is 10.2. The van der Waals surface area contributed by atoms with E-state index in [1.54, 1.807) is 35.0 Å². The van der Waals surface area contributed by atoms with E-state index in [0.717, 1.165) is 47.3 Å². The van der Waals surface area contributed by atoms with Gasteiger partial charge in [0, 0.05) is 24.7 Å². The zero-order chi connectivity index (χ0) is 29.1. The van der Waals surface area contributed by atoms with Gasteiger partial charge in [0.15, 0.2) is 5.82 Å². The smallest absolute Gasteiger partial charge is 0.336 e. The quantitative estimate of drug-likeness (QED) is 0.236. The topological polar surface area (TPSA) is 132 Å². The van der Waals surface area contributed by atoms with Crippen molar-refractivity contribution >= 4 is 17.0 Å². The summed E-state index contributed by atoms with van der Waals surface area (Å²) in [4.78, 5) is 30.6. The fourth-order valence-corrected chi connectivity index (χ4v) is 5.31. The number of carbonyl (C=O) groups is 1. The largest absolute Gasteiger partial charge is 0.478 e. The van der Waals surface area contributed by atoms with Crippen LogP contribution in [0.15, 0.2) is 89.9 Å². The molecule has 0 bridgehead atoms. The number of aromatic carboxylic acids is 1. The predicted octanol–water partition coefficient (Wildman–Crippen LogP) is 5.18. The number of hydrogen-bond donors (Lipinski definition) is 2. The van der Waals surface area contributed by atoms with Gasteiger partial charge in [-0.25, -0.2) is 14.9 Å². The molecule has 10 heteroatoms. The lowest BCUT2D eigenvalue weighted by Crippen LogP contribution is -2.23. The van der Waals surface area contributed by atoms with Crippen LogP contribution in [0.4, 0.5) is 0 Å². The van der Waals surface area contributed by atoms with E-state index in [1.807, 2.05) is 47.0 Å². The maximum absolute atomic E-state index is 13.9. The molecule has 0 saturated carbocycles. The zero-order valence-corrected chi connectivity index (χ0v) is 23.1. The van der Waals surface area contributed by atoms with Gasteiger partial charge in [-0.2, -0.15) is 0 Å². The minimum absolute atomic E-state index is 0.140. The summed E-state index contributed by atoms with van der Waals surface area (Å²) in [7, 11) is 0. The normalized spacial score (nSPS) is 11.3. The Labute approximate surface area is 241 Å². The lowest BCUT2D eigenvalue weighted by molar-refractivity contribution is 0.0695. The van der Waals surface area contributed by atoms with Crippen LogP contribution in [0.3, 0.4) is 0 Å². The molecular formula is C32H29N7O3. The van der Waals surface area contributed by atoms with Gasteiger partial charge >= 0.3 is 5.97 Å². The van der Waals surface area contributed by atoms with Crippen molar-refractivity contribution in [1.82, 2.24) is 34.7 Å². The Morgan fingerprint density at radius 1 is 0.952 bits per heavy atom. The Bertz CT molecular complexity index is 1930. The van der Waals surface area contributed by atoms with Crippen molar-refractivity contribution in [2.45, 2.75) is 39.3 Å². The van der Waals surface area contributed by atoms with Crippen molar-refractivity contribution in [3.8, 4) is 22.5 Å². The van der Waals surface area contributed by atoms with Gasteiger partial charge in [0.05, 0.1) is 17.6 Å². The maximum atomic E-state index is 13.9. The Balaban J connectivity index is 1.45. The van der Waals surface area contributed by atoms with Gasteiger partial charge in [0.1, 0.15) is 11.3 Å². The number of nitrogens with zero attached hydrogens (tertiary/aromatic N) is 6. The lowest BCUT2D eigenvalue weighted by Gasteiger charge is -2.14. The number of tetrazole rings is 1. The third kappa shape index (κ3) is 5.22. The van der Waals surface area contributed by atoms with Crippen LogP contribution < -0.4 is 5.56 Å². The number of carboxylic acid groups (broad SMARTS) is 1. The number of nitrogens with one attached hydrogen (secondary N) is 1. The number of aryl methyl sites for hydroxylation is 1. The number of carboxylic acids is 1. The minimum Gasteiger partial charge on any atom is -0.478 e. The summed E-state index contributed by atoms with van der Waals surface area (Å²) in [5, 5.41) is 24.3. The second-order valence-electron chi connectivity index (χ2n) is 10.2. The molecule has 0 aliphatic carbocycles. The molecule has 0 fully saturated rings. The molecule has 0 atom stereocenters. The highest BCUT2D eigenvalue weighted by Crippen LogP contribution is 2.31. The first-order chi connectivity index (χ1) is 20.5. The first kappa shape index (κ1) is 26.8. The third-order valence-electron chi connectivity index (χ3n) is 7.40. The molecule has 6 aromatic rings. The van der Waals surface area contributed by atoms with Crippen LogP contribution >= 0.6 is 0 Å². The zero-order valence-electron chi connectivity index (χ0n) is 23.1. The Morgan fingerprint density at radius 2 is 1.76 bits per heavy atom. The number of hydrogen-bond acceptors (Lipinski definition) is 6. The van der Waals surface area contributed by atoms with Crippen LogP contribution in [-0.2, 0) is 19.5 Å². The second kappa shape index (κ2) is 11.6. The van der Waals surface area contributed by atoms with Crippen LogP contribution in [0.1, 0.15) is 47.1 Å². The summed E-state index contributed by atoms with van der Waals surface area (Å²) in [5.74, 6) is 0.364. The average Bonchev–Trinajstić information content (AvgIpc) is 3.67. The number of aromatic nitrogens is 7. The molecule has 3 aromatic heterocycles. The third-order valence-corrected chi connectivity index (χ3v) is 7.40. The predicted molar refractivity (Wildman–Crippen MR) is 159 cm³/mol. The standard InChI is InChI=1S/C32H29N7O3/c1-2-3-13-28-33-27-16-17-38(20-23-11-7-8-12-25(23)32(41)42)31(40)29(27)39(28)19-21-14-15-24(22-9-5-4-6-10-22)26(18-21)30-34-36-37-35-30/h4-12,14-18H,2-3,13,19-20H2,1H3,(H,41,42)(H,34,35,36,37). The molecule has 0 aliphatic heterocycles. The molecule has 2 N–H and O–H groups in total. The van der Waals surface area contributed by atoms with Crippen LogP contribution in [0.5, 0.6) is 0 Å². The molecule has 3 heterocycles. The molecule has 10 nitrogen and oxygen atoms in total. The van der Waals surface area contributed by atoms with Gasteiger partial charge in [-0.15, -0.1) is 5.10 Å². The van der Waals surface area contributed by atoms with Gasteiger partial charge in [-0.1, -0.05) is 74.0 Å². The molecule has 0 aliphatic rings. The summed E-state index contributed by atoms with van der Waals surface area (Å²) < 4.78 is 3.54. The van der Waals surface area contributed by atoms with Crippen molar-refractivity contribution in [2.24, 2.45) is 0 Å². The van der Waals surface area contributed by atoms with E-state index >= 15 is 0 Å². The van der Waals surface area contributed by atoms with Crippen molar-refractivity contribution in [1.29, 1.82) is 0 Å². The van der Waals surface area contributed by atoms with E-state index in [4.69, 9.17) is 4.98 Å². The number of aromatic amines is 1. The van der Waals surface area contributed by atoms with E-state index in [9.17, 15) is 14.7 Å². The van der Waals surface area contributed by atoms with Crippen LogP contribution in [0.25, 0.3) is 33.5 Å². The van der Waals surface area contributed by atoms with Gasteiger partial charge in [0.25, 0.3) is 5.56 Å². The highest BCUT2D eigenvalue weighted by molar-refractivity contribution is 5.89. The molecule has 0 radical (unpaired) electrons. The van der Waals surface area contributed by atoms with Gasteiger partial charge in [0.2, 0.25) is 0 Å². The highest BCUT2D eigenvalue weighted by atomic mass is 16.4. The fraction of sp³-hybridized carbons (Fsp3) is 0.188. The molecule has 3 aromatic carbocycles. The molecule has 6 rings (SSSR count). The molecule has 0 amide bonds. The number of rotatable bonds is 10. The summed E-state index contributed by atoms with van der Waals surface area (Å²) in [6, 6.07) is 24.8. The molecule has 42 heavy (non-hydrogen) atoms. The molecule has 210 valence electrons. The first-order valence-corrected chi connectivity index (χ1v) is 13.9. The molecule has 0 spiro atoms. The summed E-state index contributed by atoms with van der Waals surface area (Å²) in [6.45, 7) is 2.69. The van der Waals surface area contributed by atoms with E-state index in [2.05, 4.69) is 39.7 Å². The Morgan fingerprint density at radius 3 is 2.52 bits per heavy atom.